The summed E-state index contributed by atoms with van der Waals surface area (Å²) in [4.78, 5) is 50.1. The van der Waals surface area contributed by atoms with Crippen LogP contribution in [0.3, 0.4) is 0 Å². The predicted octanol–water partition coefficient (Wildman–Crippen LogP) is 5.36. The second-order valence-corrected chi connectivity index (χ2v) is 12.6. The smallest absolute Gasteiger partial charge is 0.304 e. The molecular formula is C35H43F2N3O6. The lowest BCUT2D eigenvalue weighted by Gasteiger charge is -2.41. The minimum absolute atomic E-state index is 0.0868. The topological polar surface area (TPSA) is 129 Å². The van der Waals surface area contributed by atoms with Crippen LogP contribution >= 0.6 is 0 Å². The van der Waals surface area contributed by atoms with E-state index in [-0.39, 0.29) is 37.3 Å². The fraction of sp³-hybridized carbons (Fsp3) is 0.429. The van der Waals surface area contributed by atoms with Gasteiger partial charge in [-0.15, -0.1) is 0 Å². The van der Waals surface area contributed by atoms with Gasteiger partial charge in [-0.25, -0.2) is 8.78 Å². The van der Waals surface area contributed by atoms with Crippen molar-refractivity contribution >= 4 is 23.6 Å². The minimum Gasteiger partial charge on any atom is -0.481 e. The SMILES string of the molecule is CC(CC(=O)O)C(=O)NCC(=O)CCCCN(C(=O)CO)C(c1cc(-c2cc(F)ccc2F)cn1Cc1ccccc1)C(C)(C)C. The Morgan fingerprint density at radius 1 is 1.00 bits per heavy atom. The summed E-state index contributed by atoms with van der Waals surface area (Å²) in [5.74, 6) is -4.30. The van der Waals surface area contributed by atoms with E-state index in [1.807, 2.05) is 55.7 Å². The van der Waals surface area contributed by atoms with Crippen LogP contribution < -0.4 is 5.32 Å². The zero-order valence-electron chi connectivity index (χ0n) is 26.8. The number of Topliss-reactive ketones (excluding diaryl/α,β-unsaturated/α-hetero) is 1. The van der Waals surface area contributed by atoms with Gasteiger partial charge in [-0.2, -0.15) is 0 Å². The molecule has 0 aliphatic carbocycles. The van der Waals surface area contributed by atoms with Crippen LogP contribution in [0.4, 0.5) is 8.78 Å². The van der Waals surface area contributed by atoms with Gasteiger partial charge in [-0.05, 0) is 48.1 Å². The van der Waals surface area contributed by atoms with Crippen molar-refractivity contribution in [3.63, 3.8) is 0 Å². The summed E-state index contributed by atoms with van der Waals surface area (Å²) >= 11 is 0. The summed E-state index contributed by atoms with van der Waals surface area (Å²) in [5, 5.41) is 21.3. The van der Waals surface area contributed by atoms with Crippen LogP contribution in [0.5, 0.6) is 0 Å². The molecule has 1 aromatic heterocycles. The standard InChI is InChI=1S/C35H43F2N3O6/c1-23(16-32(44)45)34(46)38-19-27(42)12-8-9-15-40(31(43)22-41)33(35(2,3)4)30-17-25(28-18-26(36)13-14-29(28)37)21-39(30)20-24-10-6-5-7-11-24/h5-7,10-11,13-14,17-18,21,23,33,41H,8-9,12,15-16,19-20,22H2,1-4H3,(H,38,46)(H,44,45). The molecule has 0 spiro atoms. The molecule has 1 heterocycles. The highest BCUT2D eigenvalue weighted by Crippen LogP contribution is 2.41. The van der Waals surface area contributed by atoms with Crippen LogP contribution in [-0.4, -0.2) is 62.9 Å². The number of aliphatic hydroxyl groups excluding tert-OH is 1. The van der Waals surface area contributed by atoms with Gasteiger partial charge in [0, 0.05) is 48.4 Å². The number of aliphatic carboxylic acids is 1. The number of carbonyl (C=O) groups excluding carboxylic acids is 3. The summed E-state index contributed by atoms with van der Waals surface area (Å²) in [7, 11) is 0. The summed E-state index contributed by atoms with van der Waals surface area (Å²) in [6, 6.07) is 14.0. The number of carbonyl (C=O) groups is 4. The number of carboxylic acid groups (broad SMARTS) is 1. The molecule has 11 heteroatoms. The van der Waals surface area contributed by atoms with Gasteiger partial charge in [0.2, 0.25) is 11.8 Å². The molecule has 0 saturated carbocycles. The first-order valence-electron chi connectivity index (χ1n) is 15.3. The molecule has 2 unspecified atom stereocenters. The zero-order chi connectivity index (χ0) is 34.0. The van der Waals surface area contributed by atoms with E-state index >= 15 is 0 Å². The van der Waals surface area contributed by atoms with Crippen LogP contribution in [0.25, 0.3) is 11.1 Å². The molecule has 2 amide bonds. The van der Waals surface area contributed by atoms with Crippen LogP contribution in [0, 0.1) is 23.0 Å². The number of halogens is 2. The highest BCUT2D eigenvalue weighted by atomic mass is 19.1. The van der Waals surface area contributed by atoms with Gasteiger partial charge < -0.3 is 25.0 Å². The molecule has 9 nitrogen and oxygen atoms in total. The molecule has 248 valence electrons. The number of amides is 2. The van der Waals surface area contributed by atoms with Gasteiger partial charge in [0.05, 0.1) is 19.0 Å². The maximum Gasteiger partial charge on any atom is 0.304 e. The number of carboxylic acids is 1. The van der Waals surface area contributed by atoms with Gasteiger partial charge in [0.15, 0.2) is 5.78 Å². The van der Waals surface area contributed by atoms with Gasteiger partial charge in [0.1, 0.15) is 18.2 Å². The van der Waals surface area contributed by atoms with Crippen LogP contribution in [0.1, 0.15) is 70.7 Å². The van der Waals surface area contributed by atoms with E-state index in [4.69, 9.17) is 5.11 Å². The quantitative estimate of drug-likeness (QED) is 0.181. The number of nitrogens with zero attached hydrogens (tertiary/aromatic N) is 2. The number of aromatic nitrogens is 1. The molecule has 0 bridgehead atoms. The molecule has 0 saturated heterocycles. The molecule has 0 fully saturated rings. The molecule has 3 aromatic rings. The summed E-state index contributed by atoms with van der Waals surface area (Å²) in [6.07, 6.45) is 2.35. The Morgan fingerprint density at radius 3 is 2.33 bits per heavy atom. The van der Waals surface area contributed by atoms with Gasteiger partial charge >= 0.3 is 5.97 Å². The van der Waals surface area contributed by atoms with Crippen LogP contribution in [0.15, 0.2) is 60.8 Å². The summed E-state index contributed by atoms with van der Waals surface area (Å²) < 4.78 is 31.0. The van der Waals surface area contributed by atoms with Crippen molar-refractivity contribution in [3.8, 4) is 11.1 Å². The van der Waals surface area contributed by atoms with Crippen molar-refractivity contribution in [1.82, 2.24) is 14.8 Å². The van der Waals surface area contributed by atoms with E-state index in [0.29, 0.717) is 30.6 Å². The number of hydrogen-bond donors (Lipinski definition) is 3. The maximum absolute atomic E-state index is 14.9. The third-order valence-electron chi connectivity index (χ3n) is 7.73. The van der Waals surface area contributed by atoms with Crippen molar-refractivity contribution in [2.24, 2.45) is 11.3 Å². The second-order valence-electron chi connectivity index (χ2n) is 12.6. The molecule has 3 rings (SSSR count). The highest BCUT2D eigenvalue weighted by molar-refractivity contribution is 5.88. The first-order chi connectivity index (χ1) is 21.7. The zero-order valence-corrected chi connectivity index (χ0v) is 26.8. The molecule has 0 aliphatic heterocycles. The normalized spacial score (nSPS) is 12.8. The fourth-order valence-corrected chi connectivity index (χ4v) is 5.51. The highest BCUT2D eigenvalue weighted by Gasteiger charge is 2.37. The van der Waals surface area contributed by atoms with Gasteiger partial charge in [-0.3, -0.25) is 19.2 Å². The van der Waals surface area contributed by atoms with Gasteiger partial charge in [0.25, 0.3) is 0 Å². The third-order valence-corrected chi connectivity index (χ3v) is 7.73. The number of nitrogens with one attached hydrogen (secondary N) is 1. The monoisotopic (exact) mass is 639 g/mol. The molecule has 2 atom stereocenters. The minimum atomic E-state index is -1.10. The van der Waals surface area contributed by atoms with Crippen LogP contribution in [-0.2, 0) is 25.7 Å². The van der Waals surface area contributed by atoms with E-state index < -0.39 is 53.4 Å². The van der Waals surface area contributed by atoms with E-state index in [2.05, 4.69) is 5.32 Å². The van der Waals surface area contributed by atoms with Crippen molar-refractivity contribution in [3.05, 3.63) is 83.7 Å². The van der Waals surface area contributed by atoms with Crippen molar-refractivity contribution in [2.45, 2.75) is 66.0 Å². The Morgan fingerprint density at radius 2 is 1.70 bits per heavy atom. The number of aliphatic hydroxyl groups is 1. The van der Waals surface area contributed by atoms with E-state index in [1.54, 1.807) is 17.2 Å². The average molecular weight is 640 g/mol. The molecular weight excluding hydrogens is 596 g/mol. The van der Waals surface area contributed by atoms with E-state index in [0.717, 1.165) is 23.8 Å². The lowest BCUT2D eigenvalue weighted by molar-refractivity contribution is -0.141. The molecule has 0 aliphatic rings. The number of hydrogen-bond acceptors (Lipinski definition) is 5. The Kier molecular flexibility index (Phi) is 12.8. The number of ketones is 1. The van der Waals surface area contributed by atoms with Crippen molar-refractivity contribution in [2.75, 3.05) is 19.7 Å². The molecule has 0 radical (unpaired) electrons. The average Bonchev–Trinajstić information content (AvgIpc) is 3.39. The second kappa shape index (κ2) is 16.3. The molecule has 46 heavy (non-hydrogen) atoms. The number of benzene rings is 2. The number of rotatable bonds is 16. The first-order valence-corrected chi connectivity index (χ1v) is 15.3. The van der Waals surface area contributed by atoms with E-state index in [1.165, 1.54) is 6.92 Å². The largest absolute Gasteiger partial charge is 0.481 e. The Balaban J connectivity index is 1.86. The lowest BCUT2D eigenvalue weighted by atomic mass is 9.82. The maximum atomic E-state index is 14.9. The summed E-state index contributed by atoms with van der Waals surface area (Å²) in [6.45, 7) is 6.97. The number of unbranched alkanes of at least 4 members (excludes halogenated alkanes) is 1. The Hall–Kier alpha value is -4.38. The van der Waals surface area contributed by atoms with Gasteiger partial charge in [-0.1, -0.05) is 58.0 Å². The fourth-order valence-electron chi connectivity index (χ4n) is 5.51. The predicted molar refractivity (Wildman–Crippen MR) is 170 cm³/mol. The van der Waals surface area contributed by atoms with Crippen LogP contribution in [0.2, 0.25) is 0 Å². The Labute approximate surface area is 268 Å². The molecule has 2 aromatic carbocycles. The van der Waals surface area contributed by atoms with Crippen molar-refractivity contribution < 1.29 is 38.2 Å². The van der Waals surface area contributed by atoms with E-state index in [9.17, 15) is 33.1 Å². The Bertz CT molecular complexity index is 1520. The van der Waals surface area contributed by atoms with Crippen molar-refractivity contribution in [1.29, 1.82) is 0 Å². The first kappa shape index (κ1) is 36.1. The summed E-state index contributed by atoms with van der Waals surface area (Å²) in [5.41, 5.74) is 1.59. The molecule has 3 N–H and O–H groups in total. The third kappa shape index (κ3) is 10.1. The lowest BCUT2D eigenvalue weighted by Crippen LogP contribution is -2.44.